The highest BCUT2D eigenvalue weighted by Gasteiger charge is 2.36. The van der Waals surface area contributed by atoms with Crippen LogP contribution in [-0.4, -0.2) is 34.2 Å². The smallest absolute Gasteiger partial charge is 0.331 e. The fourth-order valence-electron chi connectivity index (χ4n) is 4.79. The lowest BCUT2D eigenvalue weighted by Gasteiger charge is -2.37. The normalized spacial score (nSPS) is 19.6. The minimum absolute atomic E-state index is 0.000411. The van der Waals surface area contributed by atoms with E-state index < -0.39 is 10.5 Å². The monoisotopic (exact) mass is 484 g/mol. The number of aromatic nitrogens is 1. The van der Waals surface area contributed by atoms with Gasteiger partial charge in [-0.05, 0) is 82.9 Å². The Morgan fingerprint density at radius 2 is 1.91 bits per heavy atom. The molecule has 1 unspecified atom stereocenters. The summed E-state index contributed by atoms with van der Waals surface area (Å²) in [6.07, 6.45) is 5.19. The molecule has 0 bridgehead atoms. The maximum atomic E-state index is 11.6. The second kappa shape index (κ2) is 9.71. The van der Waals surface area contributed by atoms with Gasteiger partial charge in [0.15, 0.2) is 0 Å². The molecular formula is C26H32N2O7. The molecule has 2 aliphatic rings. The fourth-order valence-corrected chi connectivity index (χ4v) is 4.79. The van der Waals surface area contributed by atoms with Gasteiger partial charge >= 0.3 is 11.7 Å². The van der Waals surface area contributed by atoms with Crippen LogP contribution in [0.1, 0.15) is 68.2 Å². The fraction of sp³-hybridized carbons (Fsp3) is 0.538. The molecule has 35 heavy (non-hydrogen) atoms. The third-order valence-corrected chi connectivity index (χ3v) is 6.93. The first-order valence-electron chi connectivity index (χ1n) is 12.0. The number of hydrogen-bond acceptors (Lipinski definition) is 8. The van der Waals surface area contributed by atoms with Crippen LogP contribution in [0.4, 0.5) is 5.69 Å². The van der Waals surface area contributed by atoms with Gasteiger partial charge < -0.3 is 18.9 Å². The molecule has 1 aromatic heterocycles. The van der Waals surface area contributed by atoms with Gasteiger partial charge in [-0.2, -0.15) is 4.98 Å². The first-order chi connectivity index (χ1) is 16.6. The Kier molecular flexibility index (Phi) is 6.87. The molecule has 0 amide bonds. The van der Waals surface area contributed by atoms with Crippen molar-refractivity contribution in [3.05, 3.63) is 44.5 Å². The lowest BCUT2D eigenvalue weighted by atomic mass is 9.87. The van der Waals surface area contributed by atoms with Gasteiger partial charge in [0, 0.05) is 24.6 Å². The number of ether oxygens (including phenoxy) is 4. The summed E-state index contributed by atoms with van der Waals surface area (Å²) in [5.41, 5.74) is 2.94. The Balaban J connectivity index is 1.52. The van der Waals surface area contributed by atoms with E-state index in [4.69, 9.17) is 18.9 Å². The molecule has 4 rings (SSSR count). The van der Waals surface area contributed by atoms with Crippen LogP contribution >= 0.6 is 0 Å². The van der Waals surface area contributed by atoms with E-state index >= 15 is 0 Å². The Morgan fingerprint density at radius 1 is 1.20 bits per heavy atom. The summed E-state index contributed by atoms with van der Waals surface area (Å²) in [4.78, 5) is 26.9. The van der Waals surface area contributed by atoms with E-state index in [0.29, 0.717) is 12.2 Å². The van der Waals surface area contributed by atoms with Crippen molar-refractivity contribution in [1.82, 2.24) is 4.98 Å². The van der Waals surface area contributed by atoms with E-state index in [-0.39, 0.29) is 36.1 Å². The quantitative estimate of drug-likeness (QED) is 0.225. The molecule has 9 heteroatoms. The van der Waals surface area contributed by atoms with Crippen LogP contribution in [0.2, 0.25) is 0 Å². The molecule has 9 nitrogen and oxygen atoms in total. The maximum Gasteiger partial charge on any atom is 0.331 e. The van der Waals surface area contributed by atoms with Crippen LogP contribution in [0.25, 0.3) is 0 Å². The summed E-state index contributed by atoms with van der Waals surface area (Å²) in [5.74, 6) is 1.29. The number of carbonyl (C=O) groups excluding carboxylic acids is 1. The number of pyridine rings is 1. The number of hydrogen-bond donors (Lipinski definition) is 0. The second-order valence-corrected chi connectivity index (χ2v) is 9.70. The van der Waals surface area contributed by atoms with Crippen molar-refractivity contribution in [2.24, 2.45) is 0 Å². The highest BCUT2D eigenvalue weighted by molar-refractivity contribution is 5.72. The summed E-state index contributed by atoms with van der Waals surface area (Å²) < 4.78 is 23.8. The van der Waals surface area contributed by atoms with E-state index in [1.807, 2.05) is 27.7 Å². The van der Waals surface area contributed by atoms with Crippen LogP contribution < -0.4 is 18.9 Å². The third-order valence-electron chi connectivity index (χ3n) is 6.93. The van der Waals surface area contributed by atoms with E-state index in [2.05, 4.69) is 4.98 Å². The molecule has 1 fully saturated rings. The van der Waals surface area contributed by atoms with Crippen LogP contribution in [0.5, 0.6) is 23.3 Å². The molecular weight excluding hydrogens is 452 g/mol. The van der Waals surface area contributed by atoms with Gasteiger partial charge in [-0.1, -0.05) is 0 Å². The van der Waals surface area contributed by atoms with Crippen LogP contribution in [0, 0.1) is 30.9 Å². The number of nitrogens with zero attached hydrogens (tertiary/aromatic N) is 2. The van der Waals surface area contributed by atoms with Crippen molar-refractivity contribution >= 4 is 11.7 Å². The van der Waals surface area contributed by atoms with Gasteiger partial charge in [-0.15, -0.1) is 0 Å². The number of carbonyl (C=O) groups is 1. The number of fused-ring (bicyclic) bond motifs is 1. The number of benzene rings is 1. The van der Waals surface area contributed by atoms with Crippen molar-refractivity contribution < 1.29 is 28.7 Å². The topological polar surface area (TPSA) is 110 Å². The van der Waals surface area contributed by atoms with E-state index in [1.54, 1.807) is 0 Å². The molecule has 0 N–H and O–H groups in total. The van der Waals surface area contributed by atoms with Crippen molar-refractivity contribution in [2.45, 2.75) is 84.8 Å². The van der Waals surface area contributed by atoms with E-state index in [0.717, 1.165) is 60.1 Å². The lowest BCUT2D eigenvalue weighted by molar-refractivity contribution is -0.386. The van der Waals surface area contributed by atoms with Crippen LogP contribution in [-0.2, 0) is 11.2 Å². The second-order valence-electron chi connectivity index (χ2n) is 9.70. The molecule has 1 atom stereocenters. The molecule has 0 saturated heterocycles. The summed E-state index contributed by atoms with van der Waals surface area (Å²) in [6.45, 7) is 9.40. The molecule has 1 saturated carbocycles. The van der Waals surface area contributed by atoms with Gasteiger partial charge in [-0.25, -0.2) is 0 Å². The third kappa shape index (κ3) is 5.18. The Hall–Kier alpha value is -3.36. The zero-order chi connectivity index (χ0) is 25.3. The van der Waals surface area contributed by atoms with Gasteiger partial charge in [0.1, 0.15) is 29.8 Å². The van der Waals surface area contributed by atoms with Gasteiger partial charge in [0.05, 0.1) is 4.92 Å². The summed E-state index contributed by atoms with van der Waals surface area (Å²) in [5, 5.41) is 11.4. The maximum absolute atomic E-state index is 11.6. The summed E-state index contributed by atoms with van der Waals surface area (Å²) >= 11 is 0. The van der Waals surface area contributed by atoms with Gasteiger partial charge in [-0.3, -0.25) is 14.9 Å². The lowest BCUT2D eigenvalue weighted by Crippen LogP contribution is -2.42. The molecule has 2 aromatic rings. The molecule has 0 radical (unpaired) electrons. The minimum atomic E-state index is -0.629. The highest BCUT2D eigenvalue weighted by Crippen LogP contribution is 2.44. The van der Waals surface area contributed by atoms with Crippen LogP contribution in [0.15, 0.2) is 12.1 Å². The minimum Gasteiger partial charge on any atom is -0.483 e. The number of esters is 1. The number of rotatable bonds is 7. The zero-order valence-corrected chi connectivity index (χ0v) is 20.9. The van der Waals surface area contributed by atoms with Gasteiger partial charge in [0.25, 0.3) is 5.88 Å². The molecule has 1 aliphatic carbocycles. The van der Waals surface area contributed by atoms with Crippen molar-refractivity contribution in [3.8, 4) is 23.3 Å². The molecule has 0 spiro atoms. The number of nitro groups is 1. The van der Waals surface area contributed by atoms with E-state index in [1.165, 1.54) is 19.1 Å². The highest BCUT2D eigenvalue weighted by atomic mass is 16.6. The summed E-state index contributed by atoms with van der Waals surface area (Å²) in [7, 11) is 0. The molecule has 2 heterocycles. The molecule has 188 valence electrons. The standard InChI is InChI=1S/C26H32N2O7/c1-15-16(2)24-20(17(3)23(15)33-18(4)29)12-13-26(5,35-24)14-32-22-11-10-21(28(30)31)25(27-22)34-19-8-6-7-9-19/h10-11,19H,6-9,12-14H2,1-5H3. The van der Waals surface area contributed by atoms with Crippen molar-refractivity contribution in [1.29, 1.82) is 0 Å². The zero-order valence-electron chi connectivity index (χ0n) is 20.9. The van der Waals surface area contributed by atoms with E-state index in [9.17, 15) is 14.9 Å². The Morgan fingerprint density at radius 3 is 2.57 bits per heavy atom. The molecule has 1 aromatic carbocycles. The average Bonchev–Trinajstić information content (AvgIpc) is 3.32. The predicted molar refractivity (Wildman–Crippen MR) is 129 cm³/mol. The largest absolute Gasteiger partial charge is 0.483 e. The SMILES string of the molecule is CC(=O)Oc1c(C)c(C)c2c(c1C)CCC(C)(COc1ccc([N+](=O)[O-])c(OC3CCCC3)n1)O2. The van der Waals surface area contributed by atoms with Crippen molar-refractivity contribution in [2.75, 3.05) is 6.61 Å². The van der Waals surface area contributed by atoms with Gasteiger partial charge in [0.2, 0.25) is 5.88 Å². The first-order valence-corrected chi connectivity index (χ1v) is 12.0. The first kappa shape index (κ1) is 24.8. The predicted octanol–water partition coefficient (Wildman–Crippen LogP) is 5.32. The summed E-state index contributed by atoms with van der Waals surface area (Å²) in [6, 6.07) is 2.87. The molecule has 1 aliphatic heterocycles. The average molecular weight is 485 g/mol. The van der Waals surface area contributed by atoms with Crippen LogP contribution in [0.3, 0.4) is 0 Å². The Labute approximate surface area is 204 Å². The van der Waals surface area contributed by atoms with Crippen molar-refractivity contribution in [3.63, 3.8) is 0 Å². The Bertz CT molecular complexity index is 1160.